The largest absolute Gasteiger partial charge is 0.299 e. The maximum atomic E-state index is 12.8. The molecule has 0 aromatic heterocycles. The standard InChI is InChI=1S/C22H20N2O5/c25-20-14-9-21(16-1-5-18(6-2-16)23(26)27)10-15(20)12-22(11-14,13-21)17-3-7-19(8-4-17)24(28)29/h1-8,14-15H,9-13H2. The summed E-state index contributed by atoms with van der Waals surface area (Å²) in [5, 5.41) is 22.1. The fourth-order valence-corrected chi connectivity index (χ4v) is 6.42. The molecule has 7 heteroatoms. The molecule has 0 radical (unpaired) electrons. The minimum atomic E-state index is -0.397. The van der Waals surface area contributed by atoms with Gasteiger partial charge in [-0.2, -0.15) is 0 Å². The second-order valence-corrected chi connectivity index (χ2v) is 8.96. The maximum Gasteiger partial charge on any atom is 0.269 e. The average Bonchev–Trinajstić information content (AvgIpc) is 2.71. The summed E-state index contributed by atoms with van der Waals surface area (Å²) in [5.41, 5.74) is 1.93. The van der Waals surface area contributed by atoms with Crippen LogP contribution in [0.2, 0.25) is 0 Å². The Labute approximate surface area is 167 Å². The van der Waals surface area contributed by atoms with E-state index >= 15 is 0 Å². The summed E-state index contributed by atoms with van der Waals surface area (Å²) >= 11 is 0. The highest BCUT2D eigenvalue weighted by atomic mass is 16.6. The summed E-state index contributed by atoms with van der Waals surface area (Å²) in [4.78, 5) is 34.1. The van der Waals surface area contributed by atoms with Gasteiger partial charge in [0.1, 0.15) is 5.78 Å². The van der Waals surface area contributed by atoms with Crippen LogP contribution in [0.25, 0.3) is 0 Å². The molecule has 29 heavy (non-hydrogen) atoms. The first-order chi connectivity index (χ1) is 13.8. The van der Waals surface area contributed by atoms with Crippen molar-refractivity contribution >= 4 is 17.2 Å². The number of nitro benzene ring substituents is 2. The highest BCUT2D eigenvalue weighted by Gasteiger charge is 2.61. The summed E-state index contributed by atoms with van der Waals surface area (Å²) in [6.45, 7) is 0. The number of carbonyl (C=O) groups excluding carboxylic acids is 1. The normalized spacial score (nSPS) is 32.3. The van der Waals surface area contributed by atoms with Crippen LogP contribution in [-0.4, -0.2) is 15.6 Å². The second kappa shape index (κ2) is 5.95. The van der Waals surface area contributed by atoms with Crippen molar-refractivity contribution in [2.45, 2.75) is 42.9 Å². The molecule has 6 rings (SSSR count). The van der Waals surface area contributed by atoms with Gasteiger partial charge in [-0.15, -0.1) is 0 Å². The van der Waals surface area contributed by atoms with Gasteiger partial charge in [-0.25, -0.2) is 0 Å². The Hall–Kier alpha value is -3.09. The van der Waals surface area contributed by atoms with Crippen LogP contribution in [0.1, 0.15) is 43.2 Å². The van der Waals surface area contributed by atoms with Crippen LogP contribution in [0, 0.1) is 32.1 Å². The number of nitro groups is 2. The summed E-state index contributed by atoms with van der Waals surface area (Å²) in [6.07, 6.45) is 4.02. The Morgan fingerprint density at radius 2 is 1.03 bits per heavy atom. The number of ketones is 1. The molecule has 0 spiro atoms. The Balaban J connectivity index is 1.56. The molecule has 0 atom stereocenters. The number of rotatable bonds is 4. The number of non-ortho nitro benzene ring substituents is 2. The number of carbonyl (C=O) groups is 1. The first-order valence-electron chi connectivity index (χ1n) is 9.86. The molecule has 0 N–H and O–H groups in total. The summed E-state index contributed by atoms with van der Waals surface area (Å²) in [7, 11) is 0. The van der Waals surface area contributed by atoms with Crippen molar-refractivity contribution in [2.75, 3.05) is 0 Å². The van der Waals surface area contributed by atoms with E-state index in [0.717, 1.165) is 43.2 Å². The highest BCUT2D eigenvalue weighted by Crippen LogP contribution is 2.65. The van der Waals surface area contributed by atoms with E-state index in [9.17, 15) is 25.0 Å². The van der Waals surface area contributed by atoms with E-state index in [1.165, 1.54) is 0 Å². The fourth-order valence-electron chi connectivity index (χ4n) is 6.42. The minimum Gasteiger partial charge on any atom is -0.299 e. The number of Topliss-reactive ketones (excluding diaryl/α,β-unsaturated/α-hetero) is 1. The monoisotopic (exact) mass is 392 g/mol. The molecule has 0 unspecified atom stereocenters. The van der Waals surface area contributed by atoms with Crippen molar-refractivity contribution in [3.05, 3.63) is 79.9 Å². The molecule has 4 bridgehead atoms. The molecule has 7 nitrogen and oxygen atoms in total. The van der Waals surface area contributed by atoms with E-state index < -0.39 is 9.85 Å². The molecule has 0 aliphatic heterocycles. The third kappa shape index (κ3) is 2.60. The Morgan fingerprint density at radius 3 is 1.34 bits per heavy atom. The summed E-state index contributed by atoms with van der Waals surface area (Å²) in [5.74, 6) is 0.322. The van der Waals surface area contributed by atoms with E-state index in [0.29, 0.717) is 5.78 Å². The van der Waals surface area contributed by atoms with Gasteiger partial charge in [0, 0.05) is 36.1 Å². The molecule has 2 aromatic rings. The summed E-state index contributed by atoms with van der Waals surface area (Å²) < 4.78 is 0. The van der Waals surface area contributed by atoms with E-state index in [1.54, 1.807) is 24.3 Å². The molecule has 4 aliphatic rings. The van der Waals surface area contributed by atoms with Crippen molar-refractivity contribution in [1.82, 2.24) is 0 Å². The molecule has 4 saturated carbocycles. The van der Waals surface area contributed by atoms with E-state index in [2.05, 4.69) is 0 Å². The third-order valence-electron chi connectivity index (χ3n) is 7.41. The molecule has 0 saturated heterocycles. The van der Waals surface area contributed by atoms with Crippen LogP contribution in [-0.2, 0) is 15.6 Å². The topological polar surface area (TPSA) is 103 Å². The zero-order chi connectivity index (χ0) is 20.4. The number of benzene rings is 2. The Bertz CT molecular complexity index is 935. The SMILES string of the molecule is O=C1C2CC3(c4ccc([N+](=O)[O-])cc4)CC1CC(c1ccc([N+](=O)[O-])cc1)(C2)C3. The van der Waals surface area contributed by atoms with E-state index in [4.69, 9.17) is 0 Å². The number of hydrogen-bond acceptors (Lipinski definition) is 5. The zero-order valence-electron chi connectivity index (χ0n) is 15.7. The quantitative estimate of drug-likeness (QED) is 0.564. The number of hydrogen-bond donors (Lipinski definition) is 0. The van der Waals surface area contributed by atoms with Gasteiger partial charge in [-0.05, 0) is 54.1 Å². The van der Waals surface area contributed by atoms with Crippen molar-refractivity contribution in [3.8, 4) is 0 Å². The summed E-state index contributed by atoms with van der Waals surface area (Å²) in [6, 6.07) is 13.6. The predicted octanol–water partition coefficient (Wildman–Crippen LogP) is 4.47. The smallest absolute Gasteiger partial charge is 0.269 e. The predicted molar refractivity (Wildman–Crippen MR) is 105 cm³/mol. The van der Waals surface area contributed by atoms with Crippen LogP contribution in [0.3, 0.4) is 0 Å². The Morgan fingerprint density at radius 1 is 0.690 bits per heavy atom. The van der Waals surface area contributed by atoms with Gasteiger partial charge in [0.15, 0.2) is 0 Å². The van der Waals surface area contributed by atoms with E-state index in [-0.39, 0.29) is 34.0 Å². The molecule has 0 amide bonds. The van der Waals surface area contributed by atoms with Crippen molar-refractivity contribution in [1.29, 1.82) is 0 Å². The van der Waals surface area contributed by atoms with Crippen molar-refractivity contribution in [2.24, 2.45) is 11.8 Å². The van der Waals surface area contributed by atoms with Crippen LogP contribution in [0.5, 0.6) is 0 Å². The molecule has 4 aliphatic carbocycles. The lowest BCUT2D eigenvalue weighted by atomic mass is 9.41. The molecular weight excluding hydrogens is 372 g/mol. The molecule has 4 fully saturated rings. The van der Waals surface area contributed by atoms with Crippen molar-refractivity contribution in [3.63, 3.8) is 0 Å². The molecule has 2 aromatic carbocycles. The zero-order valence-corrected chi connectivity index (χ0v) is 15.7. The Kier molecular flexibility index (Phi) is 3.69. The average molecular weight is 392 g/mol. The minimum absolute atomic E-state index is 0.0124. The van der Waals surface area contributed by atoms with Crippen LogP contribution < -0.4 is 0 Å². The van der Waals surface area contributed by atoms with Crippen LogP contribution >= 0.6 is 0 Å². The molecule has 148 valence electrons. The van der Waals surface area contributed by atoms with Gasteiger partial charge in [0.25, 0.3) is 11.4 Å². The van der Waals surface area contributed by atoms with Crippen LogP contribution in [0.15, 0.2) is 48.5 Å². The first kappa shape index (κ1) is 18.0. The van der Waals surface area contributed by atoms with Gasteiger partial charge in [0.05, 0.1) is 9.85 Å². The van der Waals surface area contributed by atoms with Gasteiger partial charge in [0.2, 0.25) is 0 Å². The molecular formula is C22H20N2O5. The van der Waals surface area contributed by atoms with E-state index in [1.807, 2.05) is 24.3 Å². The lowest BCUT2D eigenvalue weighted by Crippen LogP contribution is -2.59. The maximum absolute atomic E-state index is 12.8. The first-order valence-corrected chi connectivity index (χ1v) is 9.86. The third-order valence-corrected chi connectivity index (χ3v) is 7.41. The van der Waals surface area contributed by atoms with Gasteiger partial charge in [-0.1, -0.05) is 24.3 Å². The van der Waals surface area contributed by atoms with Gasteiger partial charge in [-0.3, -0.25) is 25.0 Å². The van der Waals surface area contributed by atoms with Crippen LogP contribution in [0.4, 0.5) is 11.4 Å². The lowest BCUT2D eigenvalue weighted by molar-refractivity contribution is -0.385. The van der Waals surface area contributed by atoms with Gasteiger partial charge < -0.3 is 0 Å². The van der Waals surface area contributed by atoms with Crippen molar-refractivity contribution < 1.29 is 14.6 Å². The fraction of sp³-hybridized carbons (Fsp3) is 0.409. The second-order valence-electron chi connectivity index (χ2n) is 8.96. The highest BCUT2D eigenvalue weighted by molar-refractivity contribution is 5.87. The number of nitrogens with zero attached hydrogens (tertiary/aromatic N) is 2. The lowest BCUT2D eigenvalue weighted by Gasteiger charge is -2.61. The molecule has 0 heterocycles. The van der Waals surface area contributed by atoms with Gasteiger partial charge >= 0.3 is 0 Å².